The van der Waals surface area contributed by atoms with Crippen LogP contribution >= 0.6 is 12.4 Å². The molecule has 2 unspecified atom stereocenters. The Bertz CT molecular complexity index is 451. The molecule has 0 heterocycles. The summed E-state index contributed by atoms with van der Waals surface area (Å²) in [6, 6.07) is 6.48. The molecule has 5 heteroatoms. The smallest absolute Gasteiger partial charge is 0.220 e. The van der Waals surface area contributed by atoms with Crippen LogP contribution in [0, 0.1) is 11.7 Å². The van der Waals surface area contributed by atoms with Crippen LogP contribution in [0.4, 0.5) is 4.39 Å². The first-order valence-electron chi connectivity index (χ1n) is 6.84. The molecule has 1 aromatic rings. The second-order valence-electron chi connectivity index (χ2n) is 5.47. The molecule has 3 nitrogen and oxygen atoms in total. The van der Waals surface area contributed by atoms with E-state index in [0.29, 0.717) is 18.9 Å². The van der Waals surface area contributed by atoms with Gasteiger partial charge in [0.1, 0.15) is 5.82 Å². The standard InChI is InChI=1S/C15H21FN2O.ClH/c1-10(12-3-2-4-13(16)8-12)7-15(19)18-9-14(17)11-5-6-11;/h2-4,8,10-11,14H,5-7,9,17H2,1H3,(H,18,19);1H. The molecule has 0 spiro atoms. The quantitative estimate of drug-likeness (QED) is 0.848. The van der Waals surface area contributed by atoms with E-state index in [1.165, 1.54) is 25.0 Å². The molecule has 1 aliphatic carbocycles. The van der Waals surface area contributed by atoms with E-state index in [0.717, 1.165) is 5.56 Å². The van der Waals surface area contributed by atoms with E-state index in [-0.39, 0.29) is 36.1 Å². The second-order valence-corrected chi connectivity index (χ2v) is 5.47. The summed E-state index contributed by atoms with van der Waals surface area (Å²) in [5.41, 5.74) is 6.77. The lowest BCUT2D eigenvalue weighted by Crippen LogP contribution is -2.38. The van der Waals surface area contributed by atoms with Crippen LogP contribution in [-0.4, -0.2) is 18.5 Å². The lowest BCUT2D eigenvalue weighted by molar-refractivity contribution is -0.121. The van der Waals surface area contributed by atoms with Gasteiger partial charge in [-0.15, -0.1) is 12.4 Å². The Labute approximate surface area is 125 Å². The van der Waals surface area contributed by atoms with Crippen molar-refractivity contribution in [2.75, 3.05) is 6.54 Å². The number of halogens is 2. The lowest BCUT2D eigenvalue weighted by Gasteiger charge is -2.14. The normalized spacial score (nSPS) is 16.9. The van der Waals surface area contributed by atoms with Crippen molar-refractivity contribution >= 4 is 18.3 Å². The number of amides is 1. The highest BCUT2D eigenvalue weighted by Gasteiger charge is 2.28. The molecule has 1 aromatic carbocycles. The van der Waals surface area contributed by atoms with E-state index in [4.69, 9.17) is 5.73 Å². The number of hydrogen-bond donors (Lipinski definition) is 2. The number of hydrogen-bond acceptors (Lipinski definition) is 2. The van der Waals surface area contributed by atoms with E-state index in [1.807, 2.05) is 13.0 Å². The van der Waals surface area contributed by atoms with E-state index in [1.54, 1.807) is 6.07 Å². The zero-order chi connectivity index (χ0) is 13.8. The molecule has 1 fully saturated rings. The molecule has 2 atom stereocenters. The average Bonchev–Trinajstić information content (AvgIpc) is 3.20. The van der Waals surface area contributed by atoms with Gasteiger partial charge in [-0.1, -0.05) is 19.1 Å². The molecule has 0 bridgehead atoms. The Balaban J connectivity index is 0.00000200. The number of carbonyl (C=O) groups excluding carboxylic acids is 1. The molecule has 1 aliphatic rings. The summed E-state index contributed by atoms with van der Waals surface area (Å²) >= 11 is 0. The van der Waals surface area contributed by atoms with Crippen LogP contribution in [0.5, 0.6) is 0 Å². The number of nitrogens with two attached hydrogens (primary N) is 1. The molecule has 1 amide bonds. The van der Waals surface area contributed by atoms with Crippen LogP contribution in [0.15, 0.2) is 24.3 Å². The largest absolute Gasteiger partial charge is 0.355 e. The van der Waals surface area contributed by atoms with Gasteiger partial charge < -0.3 is 11.1 Å². The van der Waals surface area contributed by atoms with Crippen molar-refractivity contribution in [3.8, 4) is 0 Å². The van der Waals surface area contributed by atoms with Gasteiger partial charge in [0.15, 0.2) is 0 Å². The third-order valence-electron chi connectivity index (χ3n) is 3.67. The van der Waals surface area contributed by atoms with Crippen LogP contribution in [0.3, 0.4) is 0 Å². The Morgan fingerprint density at radius 2 is 2.20 bits per heavy atom. The van der Waals surface area contributed by atoms with E-state index in [9.17, 15) is 9.18 Å². The van der Waals surface area contributed by atoms with E-state index in [2.05, 4.69) is 5.32 Å². The van der Waals surface area contributed by atoms with Gasteiger partial charge >= 0.3 is 0 Å². The highest BCUT2D eigenvalue weighted by atomic mass is 35.5. The maximum absolute atomic E-state index is 13.1. The van der Waals surface area contributed by atoms with Crippen molar-refractivity contribution in [2.24, 2.45) is 11.7 Å². The first-order chi connectivity index (χ1) is 9.06. The summed E-state index contributed by atoms with van der Waals surface area (Å²) in [5.74, 6) is 0.308. The summed E-state index contributed by atoms with van der Waals surface area (Å²) in [7, 11) is 0. The van der Waals surface area contributed by atoms with Crippen LogP contribution in [0.1, 0.15) is 37.7 Å². The molecule has 0 radical (unpaired) electrons. The Kier molecular flexibility index (Phi) is 6.43. The topological polar surface area (TPSA) is 55.1 Å². The van der Waals surface area contributed by atoms with Gasteiger partial charge in [0.25, 0.3) is 0 Å². The zero-order valence-corrected chi connectivity index (χ0v) is 12.5. The minimum Gasteiger partial charge on any atom is -0.355 e. The summed E-state index contributed by atoms with van der Waals surface area (Å²) in [5, 5.41) is 2.86. The van der Waals surface area contributed by atoms with Gasteiger partial charge in [-0.2, -0.15) is 0 Å². The Morgan fingerprint density at radius 3 is 2.80 bits per heavy atom. The fourth-order valence-corrected chi connectivity index (χ4v) is 2.20. The summed E-state index contributed by atoms with van der Waals surface area (Å²) in [6.07, 6.45) is 2.72. The van der Waals surface area contributed by atoms with Gasteiger partial charge in [-0.05, 0) is 42.4 Å². The van der Waals surface area contributed by atoms with Crippen molar-refractivity contribution in [2.45, 2.75) is 38.1 Å². The van der Waals surface area contributed by atoms with Crippen molar-refractivity contribution in [1.29, 1.82) is 0 Å². The maximum atomic E-state index is 13.1. The van der Waals surface area contributed by atoms with Crippen LogP contribution in [0.25, 0.3) is 0 Å². The SMILES string of the molecule is CC(CC(=O)NCC(N)C1CC1)c1cccc(F)c1.Cl. The fourth-order valence-electron chi connectivity index (χ4n) is 2.20. The van der Waals surface area contributed by atoms with E-state index >= 15 is 0 Å². The number of nitrogens with one attached hydrogen (secondary N) is 1. The third kappa shape index (κ3) is 5.10. The molecule has 0 aliphatic heterocycles. The van der Waals surface area contributed by atoms with Crippen molar-refractivity contribution < 1.29 is 9.18 Å². The highest BCUT2D eigenvalue weighted by Crippen LogP contribution is 2.31. The molecule has 112 valence electrons. The average molecular weight is 301 g/mol. The monoisotopic (exact) mass is 300 g/mol. The van der Waals surface area contributed by atoms with Crippen molar-refractivity contribution in [3.63, 3.8) is 0 Å². The van der Waals surface area contributed by atoms with Gasteiger partial charge in [0.2, 0.25) is 5.91 Å². The van der Waals surface area contributed by atoms with Crippen molar-refractivity contribution in [1.82, 2.24) is 5.32 Å². The molecular formula is C15H22ClFN2O. The first kappa shape index (κ1) is 16.9. The van der Waals surface area contributed by atoms with Gasteiger partial charge in [0.05, 0.1) is 0 Å². The summed E-state index contributed by atoms with van der Waals surface area (Å²) in [4.78, 5) is 11.8. The van der Waals surface area contributed by atoms with Gasteiger partial charge in [-0.3, -0.25) is 4.79 Å². The lowest BCUT2D eigenvalue weighted by atomic mass is 9.97. The van der Waals surface area contributed by atoms with Crippen LogP contribution in [0.2, 0.25) is 0 Å². The van der Waals surface area contributed by atoms with Crippen LogP contribution in [-0.2, 0) is 4.79 Å². The van der Waals surface area contributed by atoms with Gasteiger partial charge in [-0.25, -0.2) is 4.39 Å². The first-order valence-corrected chi connectivity index (χ1v) is 6.84. The fraction of sp³-hybridized carbons (Fsp3) is 0.533. The van der Waals surface area contributed by atoms with Crippen LogP contribution < -0.4 is 11.1 Å². The molecular weight excluding hydrogens is 279 g/mol. The van der Waals surface area contributed by atoms with E-state index < -0.39 is 0 Å². The Hall–Kier alpha value is -1.13. The predicted octanol–water partition coefficient (Wildman–Crippen LogP) is 2.59. The molecule has 0 saturated heterocycles. The molecule has 1 saturated carbocycles. The number of rotatable bonds is 6. The second kappa shape index (κ2) is 7.60. The third-order valence-corrected chi connectivity index (χ3v) is 3.67. The highest BCUT2D eigenvalue weighted by molar-refractivity contribution is 5.85. The molecule has 3 N–H and O–H groups in total. The zero-order valence-electron chi connectivity index (χ0n) is 11.6. The van der Waals surface area contributed by atoms with Gasteiger partial charge in [0, 0.05) is 19.0 Å². The molecule has 2 rings (SSSR count). The maximum Gasteiger partial charge on any atom is 0.220 e. The summed E-state index contributed by atoms with van der Waals surface area (Å²) < 4.78 is 13.1. The van der Waals surface area contributed by atoms with Crippen molar-refractivity contribution in [3.05, 3.63) is 35.6 Å². The molecule has 0 aromatic heterocycles. The summed E-state index contributed by atoms with van der Waals surface area (Å²) in [6.45, 7) is 2.47. The Morgan fingerprint density at radius 1 is 1.50 bits per heavy atom. The minimum atomic E-state index is -0.263. The number of benzene rings is 1. The number of carbonyl (C=O) groups is 1. The predicted molar refractivity (Wildman–Crippen MR) is 80.4 cm³/mol. The molecule has 20 heavy (non-hydrogen) atoms. The minimum absolute atomic E-state index is 0.